The molecule has 0 aliphatic carbocycles. The van der Waals surface area contributed by atoms with E-state index >= 15 is 0 Å². The third kappa shape index (κ3) is 4.73. The molecule has 0 atom stereocenters. The maximum absolute atomic E-state index is 13.9. The largest absolute Gasteiger partial charge is 0.507 e. The van der Waals surface area contributed by atoms with Crippen LogP contribution < -0.4 is 4.74 Å². The topological polar surface area (TPSA) is 98.6 Å². The summed E-state index contributed by atoms with van der Waals surface area (Å²) < 4.78 is 37.5. The number of phenols is 1. The number of rotatable bonds is 5. The number of nitrogens with zero attached hydrogens (tertiary/aromatic N) is 2. The molecule has 0 spiro atoms. The molecule has 0 saturated carbocycles. The van der Waals surface area contributed by atoms with Crippen molar-refractivity contribution in [3.8, 4) is 34.0 Å². The number of aromatic hydroxyl groups is 1. The molecule has 0 aliphatic rings. The molecule has 0 unspecified atom stereocenters. The summed E-state index contributed by atoms with van der Waals surface area (Å²) in [5.41, 5.74) is 1.16. The number of hydrogen-bond donors (Lipinski definition) is 1. The van der Waals surface area contributed by atoms with E-state index < -0.39 is 23.6 Å². The zero-order valence-corrected chi connectivity index (χ0v) is 17.7. The summed E-state index contributed by atoms with van der Waals surface area (Å²) in [6.07, 6.45) is 2.48. The molecule has 0 bridgehead atoms. The molecular weight excluding hydrogens is 446 g/mol. The maximum atomic E-state index is 13.9. The van der Waals surface area contributed by atoms with Crippen molar-refractivity contribution in [3.63, 3.8) is 0 Å². The summed E-state index contributed by atoms with van der Waals surface area (Å²) in [6, 6.07) is 12.8. The van der Waals surface area contributed by atoms with Crippen molar-refractivity contribution in [1.82, 2.24) is 9.97 Å². The van der Waals surface area contributed by atoms with Crippen LogP contribution in [0.5, 0.6) is 11.5 Å². The van der Waals surface area contributed by atoms with Crippen LogP contribution in [-0.2, 0) is 4.74 Å². The first-order chi connectivity index (χ1) is 16.4. The van der Waals surface area contributed by atoms with Gasteiger partial charge in [-0.2, -0.15) is 0 Å². The summed E-state index contributed by atoms with van der Waals surface area (Å²) in [5, 5.41) is 9.92. The molecule has 0 fully saturated rings. The van der Waals surface area contributed by atoms with Crippen molar-refractivity contribution in [2.75, 3.05) is 7.11 Å². The predicted molar refractivity (Wildman–Crippen MR) is 117 cm³/mol. The van der Waals surface area contributed by atoms with Gasteiger partial charge in [0.25, 0.3) is 0 Å². The lowest BCUT2D eigenvalue weighted by molar-refractivity contribution is 0.0599. The molecule has 0 radical (unpaired) electrons. The second-order valence-electron chi connectivity index (χ2n) is 7.05. The van der Waals surface area contributed by atoms with E-state index in [-0.39, 0.29) is 45.1 Å². The van der Waals surface area contributed by atoms with E-state index in [9.17, 15) is 23.5 Å². The number of benzene rings is 2. The minimum Gasteiger partial charge on any atom is -0.507 e. The quantitative estimate of drug-likeness (QED) is 0.336. The molecule has 2 aromatic heterocycles. The van der Waals surface area contributed by atoms with Gasteiger partial charge in [0.2, 0.25) is 0 Å². The number of pyridine rings is 2. The van der Waals surface area contributed by atoms with Crippen LogP contribution in [0.4, 0.5) is 8.78 Å². The molecule has 0 amide bonds. The Morgan fingerprint density at radius 1 is 0.765 bits per heavy atom. The third-order valence-corrected chi connectivity index (χ3v) is 4.84. The lowest BCUT2D eigenvalue weighted by Crippen LogP contribution is -2.10. The van der Waals surface area contributed by atoms with E-state index in [1.54, 1.807) is 0 Å². The van der Waals surface area contributed by atoms with Crippen molar-refractivity contribution in [1.29, 1.82) is 0 Å². The summed E-state index contributed by atoms with van der Waals surface area (Å²) >= 11 is 0. The standard InChI is InChI=1S/C25H16F2N2O5/c1-33-24(31)14-2-7-21(29-12-14)19-11-17(27)5-9-23(19)34-25(32)15-3-6-20(28-13-15)18-10-16(26)4-8-22(18)30/h2-13,30H,1H3. The first kappa shape index (κ1) is 22.5. The average molecular weight is 462 g/mol. The van der Waals surface area contributed by atoms with Gasteiger partial charge in [-0.05, 0) is 60.7 Å². The van der Waals surface area contributed by atoms with Crippen LogP contribution in [0.2, 0.25) is 0 Å². The maximum Gasteiger partial charge on any atom is 0.345 e. The normalized spacial score (nSPS) is 10.6. The molecule has 0 aliphatic heterocycles. The van der Waals surface area contributed by atoms with Crippen molar-refractivity contribution in [3.05, 3.63) is 95.8 Å². The van der Waals surface area contributed by atoms with Crippen LogP contribution in [0, 0.1) is 11.6 Å². The molecule has 34 heavy (non-hydrogen) atoms. The summed E-state index contributed by atoms with van der Waals surface area (Å²) in [6.45, 7) is 0. The Morgan fingerprint density at radius 3 is 1.91 bits per heavy atom. The number of aromatic nitrogens is 2. The van der Waals surface area contributed by atoms with Gasteiger partial charge in [0.1, 0.15) is 23.1 Å². The Balaban J connectivity index is 1.59. The van der Waals surface area contributed by atoms with E-state index in [0.29, 0.717) is 0 Å². The number of esters is 2. The third-order valence-electron chi connectivity index (χ3n) is 4.84. The lowest BCUT2D eigenvalue weighted by atomic mass is 10.1. The van der Waals surface area contributed by atoms with Gasteiger partial charge in [-0.1, -0.05) is 0 Å². The number of carbonyl (C=O) groups excluding carboxylic acids is 2. The SMILES string of the molecule is COC(=O)c1ccc(-c2cc(F)ccc2OC(=O)c2ccc(-c3cc(F)ccc3O)nc2)nc1. The zero-order chi connectivity index (χ0) is 24.2. The summed E-state index contributed by atoms with van der Waals surface area (Å²) in [7, 11) is 1.24. The first-order valence-electron chi connectivity index (χ1n) is 9.87. The minimum absolute atomic E-state index is 0.0385. The average Bonchev–Trinajstić information content (AvgIpc) is 2.86. The van der Waals surface area contributed by atoms with Crippen molar-refractivity contribution >= 4 is 11.9 Å². The van der Waals surface area contributed by atoms with Crippen LogP contribution in [0.3, 0.4) is 0 Å². The van der Waals surface area contributed by atoms with Crippen LogP contribution in [0.1, 0.15) is 20.7 Å². The molecule has 0 saturated heterocycles. The Morgan fingerprint density at radius 2 is 1.32 bits per heavy atom. The Labute approximate surface area is 192 Å². The van der Waals surface area contributed by atoms with Crippen LogP contribution >= 0.6 is 0 Å². The summed E-state index contributed by atoms with van der Waals surface area (Å²) in [5.74, 6) is -2.60. The monoisotopic (exact) mass is 462 g/mol. The zero-order valence-electron chi connectivity index (χ0n) is 17.7. The smallest absolute Gasteiger partial charge is 0.345 e. The molecular formula is C25H16F2N2O5. The van der Waals surface area contributed by atoms with Gasteiger partial charge in [0, 0.05) is 23.5 Å². The number of carbonyl (C=O) groups is 2. The van der Waals surface area contributed by atoms with Crippen molar-refractivity contribution in [2.45, 2.75) is 0 Å². The Kier molecular flexibility index (Phi) is 6.26. The molecule has 4 rings (SSSR count). The van der Waals surface area contributed by atoms with Gasteiger partial charge in [0.15, 0.2) is 0 Å². The predicted octanol–water partition coefficient (Wildman–Crippen LogP) is 4.80. The highest BCUT2D eigenvalue weighted by molar-refractivity contribution is 5.92. The van der Waals surface area contributed by atoms with E-state index in [0.717, 1.165) is 24.3 Å². The molecule has 2 heterocycles. The van der Waals surface area contributed by atoms with Gasteiger partial charge in [-0.3, -0.25) is 9.97 Å². The fourth-order valence-corrected chi connectivity index (χ4v) is 3.13. The van der Waals surface area contributed by atoms with Gasteiger partial charge in [0.05, 0.1) is 29.6 Å². The number of methoxy groups -OCH3 is 1. The second-order valence-corrected chi connectivity index (χ2v) is 7.05. The van der Waals surface area contributed by atoms with E-state index in [4.69, 9.17) is 4.74 Å². The highest BCUT2D eigenvalue weighted by Crippen LogP contribution is 2.31. The van der Waals surface area contributed by atoms with Crippen LogP contribution in [0.25, 0.3) is 22.5 Å². The van der Waals surface area contributed by atoms with Crippen LogP contribution in [0.15, 0.2) is 73.1 Å². The Bertz CT molecular complexity index is 1370. The number of phenolic OH excluding ortho intramolecular Hbond substituents is 1. The minimum atomic E-state index is -0.776. The molecule has 2 aromatic carbocycles. The van der Waals surface area contributed by atoms with E-state index in [1.807, 2.05) is 0 Å². The second kappa shape index (κ2) is 9.45. The number of hydrogen-bond acceptors (Lipinski definition) is 7. The molecule has 170 valence electrons. The van der Waals surface area contributed by atoms with Gasteiger partial charge >= 0.3 is 11.9 Å². The first-order valence-corrected chi connectivity index (χ1v) is 9.87. The van der Waals surface area contributed by atoms with Crippen LogP contribution in [-0.4, -0.2) is 34.1 Å². The highest BCUT2D eigenvalue weighted by atomic mass is 19.1. The number of halogens is 2. The van der Waals surface area contributed by atoms with Crippen molar-refractivity contribution < 1.29 is 33.0 Å². The highest BCUT2D eigenvalue weighted by Gasteiger charge is 2.17. The molecule has 7 nitrogen and oxygen atoms in total. The van der Waals surface area contributed by atoms with Gasteiger partial charge < -0.3 is 14.6 Å². The van der Waals surface area contributed by atoms with Gasteiger partial charge in [-0.15, -0.1) is 0 Å². The molecule has 4 aromatic rings. The fourth-order valence-electron chi connectivity index (χ4n) is 3.13. The Hall–Kier alpha value is -4.66. The molecule has 9 heteroatoms. The summed E-state index contributed by atoms with van der Waals surface area (Å²) in [4.78, 5) is 32.5. The van der Waals surface area contributed by atoms with Gasteiger partial charge in [-0.25, -0.2) is 18.4 Å². The fraction of sp³-hybridized carbons (Fsp3) is 0.0400. The van der Waals surface area contributed by atoms with E-state index in [2.05, 4.69) is 14.7 Å². The lowest BCUT2D eigenvalue weighted by Gasteiger charge is -2.11. The van der Waals surface area contributed by atoms with E-state index in [1.165, 1.54) is 55.9 Å². The van der Waals surface area contributed by atoms with Crippen molar-refractivity contribution in [2.24, 2.45) is 0 Å². The number of ether oxygens (including phenoxy) is 2. The molecule has 1 N–H and O–H groups in total.